The van der Waals surface area contributed by atoms with Crippen molar-refractivity contribution in [3.05, 3.63) is 36.1 Å². The van der Waals surface area contributed by atoms with Crippen LogP contribution in [0.2, 0.25) is 0 Å². The summed E-state index contributed by atoms with van der Waals surface area (Å²) in [4.78, 5) is 24.0. The molecule has 6 N–H and O–H groups in total. The number of rotatable bonds is 10. The first-order valence-corrected chi connectivity index (χ1v) is 12.5. The summed E-state index contributed by atoms with van der Waals surface area (Å²) in [7, 11) is 0. The van der Waals surface area contributed by atoms with E-state index in [1.54, 1.807) is 13.0 Å². The zero-order valence-electron chi connectivity index (χ0n) is 21.7. The molecule has 1 aliphatic carbocycles. The summed E-state index contributed by atoms with van der Waals surface area (Å²) < 4.78 is 22.1. The highest BCUT2D eigenvalue weighted by molar-refractivity contribution is 5.88. The van der Waals surface area contributed by atoms with E-state index >= 15 is 0 Å². The first-order valence-electron chi connectivity index (χ1n) is 12.5. The van der Waals surface area contributed by atoms with E-state index in [2.05, 4.69) is 6.58 Å². The SMILES string of the molecule is C=CC(C)(O)CCC=C(C)C(=O)OCC1OC(OC2OC=C(C(=O)O)C3CCC(C)(O)C23)C(O)C(O)C1O. The van der Waals surface area contributed by atoms with E-state index in [1.165, 1.54) is 19.9 Å². The number of carboxylic acids is 1. The Kier molecular flexibility index (Phi) is 9.40. The predicted octanol–water partition coefficient (Wildman–Crippen LogP) is 0.119. The Morgan fingerprint density at radius 2 is 1.92 bits per heavy atom. The first kappa shape index (κ1) is 30.2. The lowest BCUT2D eigenvalue weighted by atomic mass is 9.81. The lowest BCUT2D eigenvalue weighted by Gasteiger charge is -2.44. The van der Waals surface area contributed by atoms with Crippen LogP contribution >= 0.6 is 0 Å². The van der Waals surface area contributed by atoms with Gasteiger partial charge >= 0.3 is 11.9 Å². The number of aliphatic hydroxyl groups excluding tert-OH is 3. The minimum atomic E-state index is -1.72. The fraction of sp³-hybridized carbons (Fsp3) is 0.692. The lowest BCUT2D eigenvalue weighted by molar-refractivity contribution is -0.346. The van der Waals surface area contributed by atoms with Gasteiger partial charge in [0.15, 0.2) is 6.29 Å². The van der Waals surface area contributed by atoms with Crippen LogP contribution in [0, 0.1) is 11.8 Å². The standard InChI is InChI=1S/C26H38O12/c1-5-25(3,33)9-6-7-13(2)22(32)35-12-16-18(27)19(28)20(29)24(37-16)38-23-17-14(8-10-26(17,4)34)15(11-36-23)21(30)31/h5,7,11,14,16-20,23-24,27-29,33-34H,1,6,8-10,12H2,2-4H3,(H,30,31). The van der Waals surface area contributed by atoms with Crippen LogP contribution in [-0.2, 0) is 28.5 Å². The molecular weight excluding hydrogens is 504 g/mol. The molecule has 0 aromatic heterocycles. The number of hydrogen-bond acceptors (Lipinski definition) is 11. The lowest BCUT2D eigenvalue weighted by Crippen LogP contribution is -2.61. The van der Waals surface area contributed by atoms with Gasteiger partial charge in [-0.2, -0.15) is 0 Å². The zero-order chi connectivity index (χ0) is 28.4. The van der Waals surface area contributed by atoms with Crippen LogP contribution in [0.25, 0.3) is 0 Å². The Labute approximate surface area is 220 Å². The minimum Gasteiger partial charge on any atom is -0.478 e. The first-order chi connectivity index (χ1) is 17.7. The van der Waals surface area contributed by atoms with Gasteiger partial charge in [0.25, 0.3) is 0 Å². The van der Waals surface area contributed by atoms with Crippen molar-refractivity contribution in [2.45, 2.75) is 94.7 Å². The van der Waals surface area contributed by atoms with Gasteiger partial charge in [0, 0.05) is 11.5 Å². The molecule has 2 fully saturated rings. The third-order valence-electron chi connectivity index (χ3n) is 7.56. The third kappa shape index (κ3) is 6.63. The Morgan fingerprint density at radius 1 is 1.24 bits per heavy atom. The summed E-state index contributed by atoms with van der Waals surface area (Å²) in [5, 5.41) is 61.6. The number of aliphatic hydroxyl groups is 5. The van der Waals surface area contributed by atoms with E-state index in [4.69, 9.17) is 18.9 Å². The van der Waals surface area contributed by atoms with Crippen molar-refractivity contribution in [3.63, 3.8) is 0 Å². The molecule has 3 aliphatic rings. The molecule has 2 heterocycles. The number of carbonyl (C=O) groups is 2. The number of carbonyl (C=O) groups excluding carboxylic acids is 1. The van der Waals surface area contributed by atoms with E-state index in [0.29, 0.717) is 25.7 Å². The molecule has 0 aromatic rings. The molecule has 38 heavy (non-hydrogen) atoms. The largest absolute Gasteiger partial charge is 0.478 e. The van der Waals surface area contributed by atoms with Gasteiger partial charge in [0.1, 0.15) is 31.0 Å². The number of allylic oxidation sites excluding steroid dienone is 1. The van der Waals surface area contributed by atoms with Crippen molar-refractivity contribution >= 4 is 11.9 Å². The van der Waals surface area contributed by atoms with Crippen LogP contribution in [-0.4, -0.2) is 97.4 Å². The molecule has 1 saturated carbocycles. The Morgan fingerprint density at radius 3 is 2.55 bits per heavy atom. The summed E-state index contributed by atoms with van der Waals surface area (Å²) in [5.41, 5.74) is -2.16. The van der Waals surface area contributed by atoms with Crippen LogP contribution < -0.4 is 0 Å². The van der Waals surface area contributed by atoms with Crippen molar-refractivity contribution in [3.8, 4) is 0 Å². The molecule has 0 aromatic carbocycles. The second-order valence-corrected chi connectivity index (χ2v) is 10.6. The summed E-state index contributed by atoms with van der Waals surface area (Å²) in [5.74, 6) is -3.26. The zero-order valence-corrected chi connectivity index (χ0v) is 21.7. The summed E-state index contributed by atoms with van der Waals surface area (Å²) in [6.45, 7) is 7.73. The van der Waals surface area contributed by atoms with Gasteiger partial charge in [-0.1, -0.05) is 12.2 Å². The smallest absolute Gasteiger partial charge is 0.334 e. The molecule has 10 atom stereocenters. The normalized spacial score (nSPS) is 38.8. The van der Waals surface area contributed by atoms with Gasteiger partial charge in [-0.25, -0.2) is 9.59 Å². The maximum absolute atomic E-state index is 12.4. The summed E-state index contributed by atoms with van der Waals surface area (Å²) in [6, 6.07) is 0. The number of carboxylic acid groups (broad SMARTS) is 1. The summed E-state index contributed by atoms with van der Waals surface area (Å²) in [6.07, 6.45) is -3.65. The van der Waals surface area contributed by atoms with Crippen LogP contribution in [0.15, 0.2) is 36.1 Å². The van der Waals surface area contributed by atoms with Crippen molar-refractivity contribution in [2.24, 2.45) is 11.8 Å². The topological polar surface area (TPSA) is 192 Å². The van der Waals surface area contributed by atoms with E-state index < -0.39 is 78.6 Å². The van der Waals surface area contributed by atoms with Gasteiger partial charge in [-0.05, 0) is 46.5 Å². The van der Waals surface area contributed by atoms with E-state index in [1.807, 2.05) is 0 Å². The fourth-order valence-corrected chi connectivity index (χ4v) is 5.03. The number of fused-ring (bicyclic) bond motifs is 1. The molecule has 3 rings (SSSR count). The van der Waals surface area contributed by atoms with Gasteiger partial charge in [-0.3, -0.25) is 0 Å². The number of esters is 1. The van der Waals surface area contributed by atoms with Crippen molar-refractivity contribution in [1.82, 2.24) is 0 Å². The van der Waals surface area contributed by atoms with E-state index in [0.717, 1.165) is 6.26 Å². The average Bonchev–Trinajstić information content (AvgIpc) is 3.18. The predicted molar refractivity (Wildman–Crippen MR) is 130 cm³/mol. The molecular formula is C26H38O12. The average molecular weight is 543 g/mol. The van der Waals surface area contributed by atoms with Crippen molar-refractivity contribution < 1.29 is 59.2 Å². The molecule has 214 valence electrons. The van der Waals surface area contributed by atoms with Crippen LogP contribution in [0.1, 0.15) is 46.5 Å². The molecule has 0 amide bonds. The Balaban J connectivity index is 1.65. The third-order valence-corrected chi connectivity index (χ3v) is 7.56. The molecule has 12 heteroatoms. The second-order valence-electron chi connectivity index (χ2n) is 10.6. The van der Waals surface area contributed by atoms with Gasteiger partial charge < -0.3 is 49.6 Å². The Bertz CT molecular complexity index is 954. The van der Waals surface area contributed by atoms with E-state index in [-0.39, 0.29) is 11.1 Å². The van der Waals surface area contributed by atoms with Crippen LogP contribution in [0.3, 0.4) is 0 Å². The highest BCUT2D eigenvalue weighted by atomic mass is 16.8. The van der Waals surface area contributed by atoms with Gasteiger partial charge in [0.05, 0.1) is 29.0 Å². The number of ether oxygens (including phenoxy) is 4. The van der Waals surface area contributed by atoms with Crippen molar-refractivity contribution in [1.29, 1.82) is 0 Å². The number of hydrogen-bond donors (Lipinski definition) is 6. The minimum absolute atomic E-state index is 0.00508. The Hall–Kier alpha value is -2.32. The van der Waals surface area contributed by atoms with Gasteiger partial charge in [0.2, 0.25) is 6.29 Å². The van der Waals surface area contributed by atoms with Crippen molar-refractivity contribution in [2.75, 3.05) is 6.61 Å². The fourth-order valence-electron chi connectivity index (χ4n) is 5.03. The maximum atomic E-state index is 12.4. The highest BCUT2D eigenvalue weighted by Gasteiger charge is 2.56. The molecule has 0 bridgehead atoms. The molecule has 0 spiro atoms. The summed E-state index contributed by atoms with van der Waals surface area (Å²) >= 11 is 0. The molecule has 0 radical (unpaired) electrons. The molecule has 2 aliphatic heterocycles. The van der Waals surface area contributed by atoms with Crippen LogP contribution in [0.5, 0.6) is 0 Å². The molecule has 1 saturated heterocycles. The molecule has 10 unspecified atom stereocenters. The number of aliphatic carboxylic acids is 1. The quantitative estimate of drug-likeness (QED) is 0.124. The second kappa shape index (κ2) is 11.8. The monoisotopic (exact) mass is 542 g/mol. The molecule has 12 nitrogen and oxygen atoms in total. The van der Waals surface area contributed by atoms with Crippen LogP contribution in [0.4, 0.5) is 0 Å². The van der Waals surface area contributed by atoms with E-state index in [9.17, 15) is 40.2 Å². The highest BCUT2D eigenvalue weighted by Crippen LogP contribution is 2.49. The van der Waals surface area contributed by atoms with Gasteiger partial charge in [-0.15, -0.1) is 6.58 Å². The maximum Gasteiger partial charge on any atom is 0.334 e.